The number of carboxylic acids is 1. The van der Waals surface area contributed by atoms with Crippen molar-refractivity contribution in [2.75, 3.05) is 0 Å². The maximum absolute atomic E-state index is 11.3. The smallest absolute Gasteiger partial charge is 0.335 e. The molecule has 0 aliphatic carbocycles. The van der Waals surface area contributed by atoms with E-state index in [1.54, 1.807) is 24.3 Å². The topological polar surface area (TPSA) is 80.4 Å². The summed E-state index contributed by atoms with van der Waals surface area (Å²) in [6.07, 6.45) is 3.09. The van der Waals surface area contributed by atoms with E-state index in [4.69, 9.17) is 5.73 Å². The van der Waals surface area contributed by atoms with Crippen LogP contribution < -0.4 is 5.73 Å². The number of carbonyl (C=O) groups excluding carboxylic acids is 1. The first-order valence-electron chi connectivity index (χ1n) is 9.41. The Morgan fingerprint density at radius 2 is 1.62 bits per heavy atom. The number of primary amides is 1. The number of hydrogen-bond acceptors (Lipinski definition) is 2. The maximum Gasteiger partial charge on any atom is 0.335 e. The summed E-state index contributed by atoms with van der Waals surface area (Å²) < 4.78 is 0. The zero-order chi connectivity index (χ0) is 21.0. The van der Waals surface area contributed by atoms with Crippen LogP contribution in [0.15, 0.2) is 72.8 Å². The molecule has 3 N–H and O–H groups in total. The van der Waals surface area contributed by atoms with Crippen LogP contribution in [-0.4, -0.2) is 17.0 Å². The van der Waals surface area contributed by atoms with E-state index in [1.165, 1.54) is 6.08 Å². The van der Waals surface area contributed by atoms with Crippen molar-refractivity contribution < 1.29 is 14.7 Å². The molecular weight excluding hydrogens is 362 g/mol. The highest BCUT2D eigenvalue weighted by Gasteiger charge is 2.13. The predicted octanol–water partition coefficient (Wildman–Crippen LogP) is 5.34. The van der Waals surface area contributed by atoms with Gasteiger partial charge in [0.25, 0.3) is 0 Å². The van der Waals surface area contributed by atoms with Crippen molar-refractivity contribution in [1.82, 2.24) is 0 Å². The number of benzene rings is 3. The first-order chi connectivity index (χ1) is 13.9. The molecule has 0 fully saturated rings. The van der Waals surface area contributed by atoms with Gasteiger partial charge in [0.1, 0.15) is 0 Å². The van der Waals surface area contributed by atoms with E-state index in [0.717, 1.165) is 33.4 Å². The van der Waals surface area contributed by atoms with E-state index in [9.17, 15) is 14.7 Å². The first-order valence-corrected chi connectivity index (χ1v) is 9.41. The second-order valence-corrected chi connectivity index (χ2v) is 7.17. The molecule has 0 saturated carbocycles. The standard InChI is InChI=1S/C25H23NO3/c1-16(2)23-15-19(18-7-5-8-20(14-18)25(28)29)10-12-22(23)21-9-4-3-6-17(21)11-13-24(26)27/h3-16H,1-2H3,(H2,26,27)(H,28,29)/b13-11+. The van der Waals surface area contributed by atoms with Crippen LogP contribution >= 0.6 is 0 Å². The minimum atomic E-state index is -0.942. The summed E-state index contributed by atoms with van der Waals surface area (Å²) in [7, 11) is 0. The van der Waals surface area contributed by atoms with Gasteiger partial charge in [0, 0.05) is 6.08 Å². The fourth-order valence-corrected chi connectivity index (χ4v) is 3.36. The Morgan fingerprint density at radius 3 is 2.31 bits per heavy atom. The summed E-state index contributed by atoms with van der Waals surface area (Å²) in [4.78, 5) is 22.5. The van der Waals surface area contributed by atoms with Gasteiger partial charge in [-0.2, -0.15) is 0 Å². The molecule has 0 atom stereocenters. The molecule has 1 amide bonds. The number of aromatic carboxylic acids is 1. The Balaban J connectivity index is 2.13. The number of amides is 1. The van der Waals surface area contributed by atoms with Crippen LogP contribution in [0, 0.1) is 0 Å². The minimum Gasteiger partial charge on any atom is -0.478 e. The lowest BCUT2D eigenvalue weighted by Gasteiger charge is -2.17. The molecule has 3 aromatic rings. The van der Waals surface area contributed by atoms with Crippen LogP contribution in [0.25, 0.3) is 28.3 Å². The highest BCUT2D eigenvalue weighted by atomic mass is 16.4. The van der Waals surface area contributed by atoms with Crippen LogP contribution in [-0.2, 0) is 4.79 Å². The Hall–Kier alpha value is -3.66. The lowest BCUT2D eigenvalue weighted by atomic mass is 9.87. The minimum absolute atomic E-state index is 0.251. The van der Waals surface area contributed by atoms with Crippen molar-refractivity contribution in [1.29, 1.82) is 0 Å². The molecule has 0 radical (unpaired) electrons. The molecule has 0 bridgehead atoms. The van der Waals surface area contributed by atoms with Gasteiger partial charge in [-0.15, -0.1) is 0 Å². The summed E-state index contributed by atoms with van der Waals surface area (Å²) in [5.74, 6) is -1.18. The second-order valence-electron chi connectivity index (χ2n) is 7.17. The zero-order valence-electron chi connectivity index (χ0n) is 16.4. The van der Waals surface area contributed by atoms with Crippen molar-refractivity contribution >= 4 is 18.0 Å². The monoisotopic (exact) mass is 385 g/mol. The van der Waals surface area contributed by atoms with Gasteiger partial charge < -0.3 is 10.8 Å². The van der Waals surface area contributed by atoms with E-state index >= 15 is 0 Å². The SMILES string of the molecule is CC(C)c1cc(-c2cccc(C(=O)O)c2)ccc1-c1ccccc1/C=C/C(N)=O. The predicted molar refractivity (Wildman–Crippen MR) is 117 cm³/mol. The Morgan fingerprint density at radius 1 is 0.897 bits per heavy atom. The van der Waals surface area contributed by atoms with Crippen LogP contribution in [0.2, 0.25) is 0 Å². The Kier molecular flexibility index (Phi) is 5.93. The number of nitrogens with two attached hydrogens (primary N) is 1. The highest BCUT2D eigenvalue weighted by Crippen LogP contribution is 2.35. The van der Waals surface area contributed by atoms with E-state index < -0.39 is 11.9 Å². The number of carbonyl (C=O) groups is 2. The zero-order valence-corrected chi connectivity index (χ0v) is 16.4. The van der Waals surface area contributed by atoms with Crippen LogP contribution in [0.3, 0.4) is 0 Å². The Bertz CT molecular complexity index is 1100. The quantitative estimate of drug-likeness (QED) is 0.562. The van der Waals surface area contributed by atoms with Crippen molar-refractivity contribution in [3.05, 3.63) is 89.5 Å². The van der Waals surface area contributed by atoms with Gasteiger partial charge in [0.15, 0.2) is 0 Å². The molecule has 146 valence electrons. The van der Waals surface area contributed by atoms with E-state index in [0.29, 0.717) is 0 Å². The number of rotatable bonds is 6. The lowest BCUT2D eigenvalue weighted by molar-refractivity contribution is -0.113. The molecule has 0 aromatic heterocycles. The third kappa shape index (κ3) is 4.61. The van der Waals surface area contributed by atoms with E-state index in [2.05, 4.69) is 26.0 Å². The van der Waals surface area contributed by atoms with Crippen molar-refractivity contribution in [3.8, 4) is 22.3 Å². The molecule has 29 heavy (non-hydrogen) atoms. The van der Waals surface area contributed by atoms with Crippen LogP contribution in [0.5, 0.6) is 0 Å². The summed E-state index contributed by atoms with van der Waals surface area (Å²) in [6.45, 7) is 4.25. The molecule has 3 aromatic carbocycles. The average Bonchev–Trinajstić information content (AvgIpc) is 2.72. The third-order valence-electron chi connectivity index (χ3n) is 4.79. The normalized spacial score (nSPS) is 11.1. The van der Waals surface area contributed by atoms with Gasteiger partial charge in [-0.05, 0) is 57.5 Å². The molecule has 4 heteroatoms. The highest BCUT2D eigenvalue weighted by molar-refractivity contribution is 5.92. The van der Waals surface area contributed by atoms with Gasteiger partial charge in [-0.3, -0.25) is 4.79 Å². The third-order valence-corrected chi connectivity index (χ3v) is 4.79. The molecule has 0 saturated heterocycles. The first kappa shape index (κ1) is 20.1. The van der Waals surface area contributed by atoms with Gasteiger partial charge in [-0.1, -0.05) is 68.4 Å². The largest absolute Gasteiger partial charge is 0.478 e. The van der Waals surface area contributed by atoms with Crippen molar-refractivity contribution in [2.45, 2.75) is 19.8 Å². The van der Waals surface area contributed by atoms with Gasteiger partial charge in [0.05, 0.1) is 5.56 Å². The van der Waals surface area contributed by atoms with Crippen molar-refractivity contribution in [3.63, 3.8) is 0 Å². The average molecular weight is 385 g/mol. The molecule has 4 nitrogen and oxygen atoms in total. The molecular formula is C25H23NO3. The van der Waals surface area contributed by atoms with Gasteiger partial charge in [-0.25, -0.2) is 4.79 Å². The summed E-state index contributed by atoms with van der Waals surface area (Å²) in [5, 5.41) is 9.27. The number of carboxylic acid groups (broad SMARTS) is 1. The molecule has 3 rings (SSSR count). The Labute approximate surface area is 170 Å². The molecule has 0 aliphatic rings. The van der Waals surface area contributed by atoms with Crippen LogP contribution in [0.4, 0.5) is 0 Å². The van der Waals surface area contributed by atoms with Gasteiger partial charge >= 0.3 is 5.97 Å². The summed E-state index contributed by atoms with van der Waals surface area (Å²) in [5.41, 5.74) is 11.5. The summed E-state index contributed by atoms with van der Waals surface area (Å²) >= 11 is 0. The fourth-order valence-electron chi connectivity index (χ4n) is 3.36. The van der Waals surface area contributed by atoms with E-state index in [1.807, 2.05) is 36.4 Å². The molecule has 0 unspecified atom stereocenters. The second kappa shape index (κ2) is 8.57. The van der Waals surface area contributed by atoms with Gasteiger partial charge in [0.2, 0.25) is 5.91 Å². The summed E-state index contributed by atoms with van der Waals surface area (Å²) in [6, 6.07) is 20.9. The fraction of sp³-hybridized carbons (Fsp3) is 0.120. The van der Waals surface area contributed by atoms with Crippen LogP contribution in [0.1, 0.15) is 41.3 Å². The molecule has 0 aliphatic heterocycles. The number of hydrogen-bond donors (Lipinski definition) is 2. The van der Waals surface area contributed by atoms with Crippen molar-refractivity contribution in [2.24, 2.45) is 5.73 Å². The molecule has 0 heterocycles. The lowest BCUT2D eigenvalue weighted by Crippen LogP contribution is -2.05. The molecule has 0 spiro atoms. The maximum atomic E-state index is 11.3. The van der Waals surface area contributed by atoms with E-state index in [-0.39, 0.29) is 11.5 Å².